The molecule has 0 saturated carbocycles. The molecule has 2 nitrogen and oxygen atoms in total. The van der Waals surface area contributed by atoms with Crippen molar-refractivity contribution in [3.8, 4) is 0 Å². The molecule has 2 aromatic carbocycles. The monoisotopic (exact) mass is 324 g/mol. The first-order valence-electron chi connectivity index (χ1n) is 5.57. The van der Waals surface area contributed by atoms with Crippen LogP contribution in [0.15, 0.2) is 52.0 Å². The molecule has 2 rings (SSSR count). The smallest absolute Gasteiger partial charge is 0.151 e. The number of nitrogens with one attached hydrogen (secondary N) is 1. The van der Waals surface area contributed by atoms with Gasteiger partial charge >= 0.3 is 0 Å². The van der Waals surface area contributed by atoms with Gasteiger partial charge in [-0.1, -0.05) is 28.1 Å². The Kier molecular flexibility index (Phi) is 4.27. The van der Waals surface area contributed by atoms with Crippen molar-refractivity contribution >= 4 is 27.3 Å². The highest BCUT2D eigenvalue weighted by molar-refractivity contribution is 9.10. The fraction of sp³-hybridized carbons (Fsp3) is 0.0714. The molecule has 1 N–H and O–H groups in total. The van der Waals surface area contributed by atoms with E-state index in [4.69, 9.17) is 0 Å². The molecule has 98 valence electrons. The van der Waals surface area contributed by atoms with Gasteiger partial charge in [0.1, 0.15) is 5.82 Å². The van der Waals surface area contributed by atoms with Crippen molar-refractivity contribution in [3.05, 3.63) is 64.1 Å². The van der Waals surface area contributed by atoms with Crippen molar-refractivity contribution in [3.63, 3.8) is 0 Å². The zero-order valence-electron chi connectivity index (χ0n) is 10.1. The molecule has 0 fully saturated rings. The maximum absolute atomic E-state index is 13.4. The lowest BCUT2D eigenvalue weighted by Crippen LogP contribution is -2.01. The van der Waals surface area contributed by atoms with Crippen molar-refractivity contribution in [1.29, 1.82) is 0 Å². The minimum Gasteiger partial charge on any atom is -0.275 e. The second kappa shape index (κ2) is 5.93. The fourth-order valence-electron chi connectivity index (χ4n) is 1.48. The number of anilines is 1. The van der Waals surface area contributed by atoms with Crippen molar-refractivity contribution in [1.82, 2.24) is 0 Å². The molecule has 0 aliphatic rings. The number of hydrogen-bond donors (Lipinski definition) is 1. The van der Waals surface area contributed by atoms with Crippen molar-refractivity contribution in [2.45, 2.75) is 6.92 Å². The number of nitrogens with zero attached hydrogens (tertiary/aromatic N) is 1. The Morgan fingerprint density at radius 1 is 1.11 bits per heavy atom. The lowest BCUT2D eigenvalue weighted by Gasteiger charge is -2.05. The van der Waals surface area contributed by atoms with E-state index >= 15 is 0 Å². The minimum atomic E-state index is -0.674. The van der Waals surface area contributed by atoms with E-state index in [-0.39, 0.29) is 5.69 Å². The third-order valence-electron chi connectivity index (χ3n) is 2.54. The zero-order valence-corrected chi connectivity index (χ0v) is 11.7. The van der Waals surface area contributed by atoms with Gasteiger partial charge in [0.2, 0.25) is 0 Å². The molecule has 0 bridgehead atoms. The van der Waals surface area contributed by atoms with Gasteiger partial charge in [-0.15, -0.1) is 0 Å². The van der Waals surface area contributed by atoms with Gasteiger partial charge in [0, 0.05) is 10.5 Å². The van der Waals surface area contributed by atoms with E-state index < -0.39 is 11.6 Å². The Labute approximate surface area is 118 Å². The summed E-state index contributed by atoms with van der Waals surface area (Å²) >= 11 is 3.35. The Bertz CT molecular complexity index is 609. The third-order valence-corrected chi connectivity index (χ3v) is 3.07. The molecular weight excluding hydrogens is 314 g/mol. The topological polar surface area (TPSA) is 24.4 Å². The van der Waals surface area contributed by atoms with Crippen LogP contribution in [-0.4, -0.2) is 5.71 Å². The molecule has 0 amide bonds. The molecular formula is C14H11BrF2N2. The van der Waals surface area contributed by atoms with Gasteiger partial charge in [-0.25, -0.2) is 8.78 Å². The number of hydrogen-bond acceptors (Lipinski definition) is 2. The molecule has 0 atom stereocenters. The highest BCUT2D eigenvalue weighted by atomic mass is 79.9. The first-order chi connectivity index (χ1) is 9.06. The maximum Gasteiger partial charge on any atom is 0.151 e. The summed E-state index contributed by atoms with van der Waals surface area (Å²) in [5, 5.41) is 4.07. The van der Waals surface area contributed by atoms with Gasteiger partial charge in [0.15, 0.2) is 5.82 Å². The summed E-state index contributed by atoms with van der Waals surface area (Å²) in [5.41, 5.74) is 4.34. The molecule has 0 heterocycles. The second-order valence-electron chi connectivity index (χ2n) is 3.94. The van der Waals surface area contributed by atoms with Crippen LogP contribution in [0.3, 0.4) is 0 Å². The summed E-state index contributed by atoms with van der Waals surface area (Å²) in [4.78, 5) is 0. The molecule has 5 heteroatoms. The van der Waals surface area contributed by atoms with Crippen molar-refractivity contribution < 1.29 is 8.78 Å². The largest absolute Gasteiger partial charge is 0.275 e. The summed E-state index contributed by atoms with van der Waals surface area (Å²) < 4.78 is 27.1. The van der Waals surface area contributed by atoms with E-state index in [1.807, 2.05) is 24.3 Å². The van der Waals surface area contributed by atoms with Crippen molar-refractivity contribution in [2.24, 2.45) is 5.10 Å². The fourth-order valence-corrected chi connectivity index (χ4v) is 1.74. The van der Waals surface area contributed by atoms with Crippen LogP contribution >= 0.6 is 15.9 Å². The minimum absolute atomic E-state index is 0.137. The van der Waals surface area contributed by atoms with Crippen LogP contribution in [0.1, 0.15) is 12.5 Å². The van der Waals surface area contributed by atoms with Gasteiger partial charge in [0.05, 0.1) is 11.4 Å². The van der Waals surface area contributed by atoms with Gasteiger partial charge in [-0.05, 0) is 36.8 Å². The Morgan fingerprint density at radius 2 is 1.79 bits per heavy atom. The van der Waals surface area contributed by atoms with Crippen LogP contribution in [0.5, 0.6) is 0 Å². The summed E-state index contributed by atoms with van der Waals surface area (Å²) in [6.45, 7) is 1.80. The lowest BCUT2D eigenvalue weighted by molar-refractivity contribution is 0.585. The summed E-state index contributed by atoms with van der Waals surface area (Å²) in [6, 6.07) is 10.9. The molecule has 0 spiro atoms. The van der Waals surface area contributed by atoms with Crippen LogP contribution in [0.4, 0.5) is 14.5 Å². The predicted molar refractivity (Wildman–Crippen MR) is 76.3 cm³/mol. The van der Waals surface area contributed by atoms with Crippen LogP contribution < -0.4 is 5.43 Å². The Balaban J connectivity index is 2.15. The van der Waals surface area contributed by atoms with E-state index in [1.54, 1.807) is 6.92 Å². The Hall–Kier alpha value is -1.75. The average molecular weight is 325 g/mol. The van der Waals surface area contributed by atoms with Gasteiger partial charge in [-0.3, -0.25) is 5.43 Å². The summed E-state index contributed by atoms with van der Waals surface area (Å²) in [7, 11) is 0. The number of benzene rings is 2. The average Bonchev–Trinajstić information content (AvgIpc) is 2.38. The molecule has 0 aromatic heterocycles. The number of halogens is 3. The number of hydrazone groups is 1. The molecule has 0 radical (unpaired) electrons. The van der Waals surface area contributed by atoms with E-state index in [0.29, 0.717) is 5.71 Å². The van der Waals surface area contributed by atoms with Gasteiger partial charge in [-0.2, -0.15) is 5.10 Å². The van der Waals surface area contributed by atoms with Gasteiger partial charge in [0.25, 0.3) is 0 Å². The predicted octanol–water partition coefficient (Wildman–Crippen LogP) is 4.56. The summed E-state index contributed by atoms with van der Waals surface area (Å²) in [6.07, 6.45) is 0. The molecule has 0 unspecified atom stereocenters. The third kappa shape index (κ3) is 3.61. The zero-order chi connectivity index (χ0) is 13.8. The second-order valence-corrected chi connectivity index (χ2v) is 4.86. The first kappa shape index (κ1) is 13.7. The SMILES string of the molecule is C/C(=N/Nc1ccc(F)cc1F)c1ccc(Br)cc1. The van der Waals surface area contributed by atoms with E-state index in [0.717, 1.165) is 16.1 Å². The first-order valence-corrected chi connectivity index (χ1v) is 6.37. The van der Waals surface area contributed by atoms with Gasteiger partial charge < -0.3 is 0 Å². The van der Waals surface area contributed by atoms with Crippen LogP contribution in [0.25, 0.3) is 0 Å². The summed E-state index contributed by atoms with van der Waals surface area (Å²) in [5.74, 6) is -1.29. The van der Waals surface area contributed by atoms with E-state index in [1.165, 1.54) is 12.1 Å². The molecule has 19 heavy (non-hydrogen) atoms. The molecule has 0 aliphatic heterocycles. The Morgan fingerprint density at radius 3 is 2.42 bits per heavy atom. The highest BCUT2D eigenvalue weighted by Gasteiger charge is 2.03. The lowest BCUT2D eigenvalue weighted by atomic mass is 10.1. The van der Waals surface area contributed by atoms with E-state index in [2.05, 4.69) is 26.5 Å². The normalized spacial score (nSPS) is 11.5. The standard InChI is InChI=1S/C14H11BrF2N2/c1-9(10-2-4-11(15)5-3-10)18-19-14-7-6-12(16)8-13(14)17/h2-8,19H,1H3/b18-9-. The van der Waals surface area contributed by atoms with Crippen molar-refractivity contribution in [2.75, 3.05) is 5.43 Å². The van der Waals surface area contributed by atoms with E-state index in [9.17, 15) is 8.78 Å². The highest BCUT2D eigenvalue weighted by Crippen LogP contribution is 2.16. The maximum atomic E-state index is 13.4. The van der Waals surface area contributed by atoms with Crippen LogP contribution in [0.2, 0.25) is 0 Å². The quantitative estimate of drug-likeness (QED) is 0.649. The molecule has 0 saturated heterocycles. The molecule has 2 aromatic rings. The van der Waals surface area contributed by atoms with Crippen LogP contribution in [0, 0.1) is 11.6 Å². The number of rotatable bonds is 3. The van der Waals surface area contributed by atoms with Crippen LogP contribution in [-0.2, 0) is 0 Å². The molecule has 0 aliphatic carbocycles.